The molecule has 21 heavy (non-hydrogen) atoms. The number of hydrogen-bond donors (Lipinski definition) is 1. The summed E-state index contributed by atoms with van der Waals surface area (Å²) in [4.78, 5) is 2.48. The Morgan fingerprint density at radius 2 is 1.90 bits per heavy atom. The first-order valence-corrected chi connectivity index (χ1v) is 8.14. The van der Waals surface area contributed by atoms with Crippen LogP contribution in [0.1, 0.15) is 44.7 Å². The van der Waals surface area contributed by atoms with Crippen molar-refractivity contribution in [1.82, 2.24) is 0 Å². The average Bonchev–Trinajstić information content (AvgIpc) is 2.45. The Balaban J connectivity index is 2.98. The molecule has 0 saturated heterocycles. The maximum absolute atomic E-state index is 5.92. The molecule has 1 aromatic carbocycles. The number of aryl methyl sites for hydroxylation is 1. The first-order valence-electron chi connectivity index (χ1n) is 8.14. The maximum Gasteiger partial charge on any atom is 0.0637 e. The van der Waals surface area contributed by atoms with Gasteiger partial charge in [-0.25, -0.2) is 0 Å². The van der Waals surface area contributed by atoms with E-state index >= 15 is 0 Å². The second-order valence-corrected chi connectivity index (χ2v) is 5.95. The van der Waals surface area contributed by atoms with Crippen LogP contribution in [0.5, 0.6) is 0 Å². The van der Waals surface area contributed by atoms with Gasteiger partial charge >= 0.3 is 0 Å². The molecule has 1 aromatic rings. The van der Waals surface area contributed by atoms with Gasteiger partial charge in [0.2, 0.25) is 0 Å². The topological polar surface area (TPSA) is 38.5 Å². The van der Waals surface area contributed by atoms with Crippen LogP contribution in [-0.4, -0.2) is 32.3 Å². The molecule has 0 fully saturated rings. The number of anilines is 1. The van der Waals surface area contributed by atoms with Gasteiger partial charge in [0.1, 0.15) is 0 Å². The summed E-state index contributed by atoms with van der Waals surface area (Å²) in [6.45, 7) is 10.5. The molecule has 120 valence electrons. The lowest BCUT2D eigenvalue weighted by atomic mass is 10.0. The van der Waals surface area contributed by atoms with E-state index in [0.29, 0.717) is 6.04 Å². The van der Waals surface area contributed by atoms with E-state index in [4.69, 9.17) is 10.5 Å². The van der Waals surface area contributed by atoms with Crippen molar-refractivity contribution < 1.29 is 4.74 Å². The zero-order valence-electron chi connectivity index (χ0n) is 14.4. The highest BCUT2D eigenvalue weighted by molar-refractivity contribution is 5.52. The fourth-order valence-electron chi connectivity index (χ4n) is 2.88. The van der Waals surface area contributed by atoms with Gasteiger partial charge in [0.05, 0.1) is 6.61 Å². The molecular weight excluding hydrogens is 260 g/mol. The highest BCUT2D eigenvalue weighted by atomic mass is 16.5. The standard InChI is InChI=1S/C18H32N2O/c1-6-17(7-2)20(10-11-21-5)18-9-8-16(13-15(4)19)14(3)12-18/h8-9,12,15,17H,6-7,10-11,13,19H2,1-5H3. The second kappa shape index (κ2) is 9.06. The Morgan fingerprint density at radius 1 is 1.24 bits per heavy atom. The summed E-state index contributed by atoms with van der Waals surface area (Å²) in [5.41, 5.74) is 9.90. The van der Waals surface area contributed by atoms with Crippen LogP contribution in [-0.2, 0) is 11.2 Å². The number of rotatable bonds is 9. The van der Waals surface area contributed by atoms with Gasteiger partial charge in [-0.15, -0.1) is 0 Å². The van der Waals surface area contributed by atoms with E-state index in [1.165, 1.54) is 16.8 Å². The molecule has 0 aliphatic carbocycles. The van der Waals surface area contributed by atoms with Crippen LogP contribution < -0.4 is 10.6 Å². The zero-order chi connectivity index (χ0) is 15.8. The van der Waals surface area contributed by atoms with Gasteiger partial charge in [-0.3, -0.25) is 0 Å². The number of benzene rings is 1. The normalized spacial score (nSPS) is 12.7. The molecule has 2 N–H and O–H groups in total. The molecule has 0 heterocycles. The molecule has 0 saturated carbocycles. The van der Waals surface area contributed by atoms with E-state index in [1.54, 1.807) is 7.11 Å². The number of methoxy groups -OCH3 is 1. The minimum Gasteiger partial charge on any atom is -0.383 e. The van der Waals surface area contributed by atoms with Gasteiger partial charge in [-0.2, -0.15) is 0 Å². The number of hydrogen-bond acceptors (Lipinski definition) is 3. The molecule has 1 rings (SSSR count). The van der Waals surface area contributed by atoms with Gasteiger partial charge in [0.25, 0.3) is 0 Å². The Kier molecular flexibility index (Phi) is 7.76. The summed E-state index contributed by atoms with van der Waals surface area (Å²) in [6.07, 6.45) is 3.25. The molecular formula is C18H32N2O. The number of nitrogens with zero attached hydrogens (tertiary/aromatic N) is 1. The summed E-state index contributed by atoms with van der Waals surface area (Å²) < 4.78 is 5.28. The van der Waals surface area contributed by atoms with E-state index in [9.17, 15) is 0 Å². The van der Waals surface area contributed by atoms with Crippen LogP contribution in [0.2, 0.25) is 0 Å². The summed E-state index contributed by atoms with van der Waals surface area (Å²) in [7, 11) is 1.77. The fraction of sp³-hybridized carbons (Fsp3) is 0.667. The number of ether oxygens (including phenoxy) is 1. The van der Waals surface area contributed by atoms with Crippen molar-refractivity contribution in [3.8, 4) is 0 Å². The number of nitrogens with two attached hydrogens (primary N) is 1. The van der Waals surface area contributed by atoms with Crippen molar-refractivity contribution >= 4 is 5.69 Å². The average molecular weight is 292 g/mol. The minimum absolute atomic E-state index is 0.207. The molecule has 0 aromatic heterocycles. The first kappa shape index (κ1) is 18.0. The van der Waals surface area contributed by atoms with Gasteiger partial charge in [0, 0.05) is 31.4 Å². The van der Waals surface area contributed by atoms with Crippen molar-refractivity contribution in [3.05, 3.63) is 29.3 Å². The highest BCUT2D eigenvalue weighted by Gasteiger charge is 2.16. The fourth-order valence-corrected chi connectivity index (χ4v) is 2.88. The van der Waals surface area contributed by atoms with Crippen molar-refractivity contribution in [1.29, 1.82) is 0 Å². The molecule has 0 bridgehead atoms. The lowest BCUT2D eigenvalue weighted by Crippen LogP contribution is -2.37. The first-order chi connectivity index (χ1) is 10.0. The maximum atomic E-state index is 5.92. The highest BCUT2D eigenvalue weighted by Crippen LogP contribution is 2.24. The molecule has 0 amide bonds. The lowest BCUT2D eigenvalue weighted by Gasteiger charge is -2.33. The Labute approximate surface area is 130 Å². The van der Waals surface area contributed by atoms with Crippen molar-refractivity contribution in [3.63, 3.8) is 0 Å². The third-order valence-electron chi connectivity index (χ3n) is 4.12. The predicted molar refractivity (Wildman–Crippen MR) is 92.1 cm³/mol. The monoisotopic (exact) mass is 292 g/mol. The summed E-state index contributed by atoms with van der Waals surface area (Å²) in [6, 6.07) is 7.54. The molecule has 1 unspecified atom stereocenters. The third kappa shape index (κ3) is 5.33. The van der Waals surface area contributed by atoms with E-state index in [2.05, 4.69) is 50.8 Å². The molecule has 0 spiro atoms. The quantitative estimate of drug-likeness (QED) is 0.757. The van der Waals surface area contributed by atoms with Crippen LogP contribution in [0.4, 0.5) is 5.69 Å². The molecule has 0 aliphatic heterocycles. The van der Waals surface area contributed by atoms with Crippen LogP contribution in [0.15, 0.2) is 18.2 Å². The van der Waals surface area contributed by atoms with Crippen LogP contribution in [0.3, 0.4) is 0 Å². The largest absolute Gasteiger partial charge is 0.383 e. The molecule has 3 heteroatoms. The van der Waals surface area contributed by atoms with Crippen molar-refractivity contribution in [2.75, 3.05) is 25.2 Å². The van der Waals surface area contributed by atoms with Gasteiger partial charge in [-0.05, 0) is 56.4 Å². The van der Waals surface area contributed by atoms with Crippen LogP contribution in [0, 0.1) is 6.92 Å². The van der Waals surface area contributed by atoms with Gasteiger partial charge < -0.3 is 15.4 Å². The second-order valence-electron chi connectivity index (χ2n) is 5.95. The van der Waals surface area contributed by atoms with Gasteiger partial charge in [0.15, 0.2) is 0 Å². The predicted octanol–water partition coefficient (Wildman–Crippen LogP) is 3.53. The van der Waals surface area contributed by atoms with E-state index < -0.39 is 0 Å². The molecule has 0 radical (unpaired) electrons. The lowest BCUT2D eigenvalue weighted by molar-refractivity contribution is 0.202. The van der Waals surface area contributed by atoms with E-state index in [-0.39, 0.29) is 6.04 Å². The molecule has 1 atom stereocenters. The minimum atomic E-state index is 0.207. The Hall–Kier alpha value is -1.06. The molecule has 3 nitrogen and oxygen atoms in total. The van der Waals surface area contributed by atoms with Crippen LogP contribution in [0.25, 0.3) is 0 Å². The summed E-state index contributed by atoms with van der Waals surface area (Å²) in [5, 5.41) is 0. The smallest absolute Gasteiger partial charge is 0.0637 e. The van der Waals surface area contributed by atoms with Gasteiger partial charge in [-0.1, -0.05) is 19.9 Å². The Morgan fingerprint density at radius 3 is 2.38 bits per heavy atom. The SMILES string of the molecule is CCC(CC)N(CCOC)c1ccc(CC(C)N)c(C)c1. The third-order valence-corrected chi connectivity index (χ3v) is 4.12. The van der Waals surface area contributed by atoms with E-state index in [0.717, 1.165) is 32.4 Å². The van der Waals surface area contributed by atoms with Crippen molar-refractivity contribution in [2.24, 2.45) is 5.73 Å². The summed E-state index contributed by atoms with van der Waals surface area (Å²) >= 11 is 0. The zero-order valence-corrected chi connectivity index (χ0v) is 14.4. The van der Waals surface area contributed by atoms with Crippen LogP contribution >= 0.6 is 0 Å². The molecule has 0 aliphatic rings. The van der Waals surface area contributed by atoms with Crippen molar-refractivity contribution in [2.45, 2.75) is 59.0 Å². The van der Waals surface area contributed by atoms with E-state index in [1.807, 2.05) is 0 Å². The summed E-state index contributed by atoms with van der Waals surface area (Å²) in [5.74, 6) is 0. The Bertz CT molecular complexity index is 414.